The third-order valence-electron chi connectivity index (χ3n) is 9.38. The largest absolute Gasteiger partial charge is 0.364 e. The first kappa shape index (κ1) is 32.2. The van der Waals surface area contributed by atoms with Gasteiger partial charge in [-0.3, -0.25) is 24.0 Å². The molecular formula is C33H36N10O5S. The number of rotatable bonds is 9. The molecule has 4 aromatic rings. The van der Waals surface area contributed by atoms with E-state index in [9.17, 15) is 22.8 Å². The zero-order chi connectivity index (χ0) is 34.6. The predicted molar refractivity (Wildman–Crippen MR) is 181 cm³/mol. The molecule has 7 rings (SSSR count). The van der Waals surface area contributed by atoms with Crippen molar-refractivity contribution >= 4 is 50.4 Å². The molecule has 49 heavy (non-hydrogen) atoms. The molecule has 3 aromatic heterocycles. The molecule has 16 heteroatoms. The van der Waals surface area contributed by atoms with Crippen LogP contribution in [0.5, 0.6) is 0 Å². The summed E-state index contributed by atoms with van der Waals surface area (Å²) < 4.78 is 26.7. The van der Waals surface area contributed by atoms with Gasteiger partial charge in [0.2, 0.25) is 5.91 Å². The molecule has 1 aromatic carbocycles. The Hall–Kier alpha value is -5.38. The van der Waals surface area contributed by atoms with Gasteiger partial charge in [-0.1, -0.05) is 19.1 Å². The second-order valence-corrected chi connectivity index (χ2v) is 14.8. The molecular weight excluding hydrogens is 648 g/mol. The van der Waals surface area contributed by atoms with Crippen molar-refractivity contribution in [2.75, 3.05) is 48.5 Å². The van der Waals surface area contributed by atoms with Crippen molar-refractivity contribution in [1.82, 2.24) is 35.2 Å². The van der Waals surface area contributed by atoms with Gasteiger partial charge in [0.15, 0.2) is 21.3 Å². The lowest BCUT2D eigenvalue weighted by atomic mass is 9.93. The molecule has 3 amide bonds. The fraction of sp³-hybridized carbons (Fsp3) is 0.364. The fourth-order valence-electron chi connectivity index (χ4n) is 6.28. The van der Waals surface area contributed by atoms with E-state index < -0.39 is 15.7 Å². The van der Waals surface area contributed by atoms with E-state index in [1.54, 1.807) is 17.9 Å². The van der Waals surface area contributed by atoms with Crippen LogP contribution < -0.4 is 20.9 Å². The predicted octanol–water partition coefficient (Wildman–Crippen LogP) is 3.19. The summed E-state index contributed by atoms with van der Waals surface area (Å²) in [6, 6.07) is 10.0. The van der Waals surface area contributed by atoms with Crippen LogP contribution in [-0.2, 0) is 14.6 Å². The highest BCUT2D eigenvalue weighted by Gasteiger charge is 2.39. The van der Waals surface area contributed by atoms with E-state index in [1.165, 1.54) is 25.4 Å². The average molecular weight is 685 g/mol. The van der Waals surface area contributed by atoms with Gasteiger partial charge in [-0.25, -0.2) is 8.42 Å². The summed E-state index contributed by atoms with van der Waals surface area (Å²) >= 11 is 0. The van der Waals surface area contributed by atoms with Crippen molar-refractivity contribution < 1.29 is 22.8 Å². The minimum absolute atomic E-state index is 0.0208. The number of anilines is 4. The van der Waals surface area contributed by atoms with Crippen LogP contribution >= 0.6 is 0 Å². The van der Waals surface area contributed by atoms with Crippen LogP contribution in [0.3, 0.4) is 0 Å². The van der Waals surface area contributed by atoms with Crippen LogP contribution in [0.2, 0.25) is 0 Å². The summed E-state index contributed by atoms with van der Waals surface area (Å²) in [5, 5.41) is 21.8. The van der Waals surface area contributed by atoms with Crippen molar-refractivity contribution in [2.45, 2.75) is 43.7 Å². The topological polar surface area (TPSA) is 184 Å². The molecule has 2 fully saturated rings. The summed E-state index contributed by atoms with van der Waals surface area (Å²) in [6.45, 7) is 4.45. The number of hydrogen-bond donors (Lipinski definition) is 3. The maximum absolute atomic E-state index is 13.2. The van der Waals surface area contributed by atoms with Gasteiger partial charge in [-0.05, 0) is 38.0 Å². The summed E-state index contributed by atoms with van der Waals surface area (Å²) in [6.07, 6.45) is 4.88. The number of amides is 3. The highest BCUT2D eigenvalue weighted by Crippen LogP contribution is 2.49. The Kier molecular flexibility index (Phi) is 8.05. The SMILES string of the molecule is CCS(=O)(=O)c1ccnc(C(=O)N2CC(n3ncc4c3C(C)N(C)c3c(Nc5cc(NC(=O)C6CC6)nnc5C(=O)NC)cccc3-4)C2)c1. The summed E-state index contributed by atoms with van der Waals surface area (Å²) in [7, 11) is 0.0324. The Labute approximate surface area is 283 Å². The van der Waals surface area contributed by atoms with Gasteiger partial charge in [0.1, 0.15) is 5.69 Å². The van der Waals surface area contributed by atoms with Gasteiger partial charge in [0.05, 0.1) is 51.7 Å². The third kappa shape index (κ3) is 5.75. The first-order chi connectivity index (χ1) is 23.5. The van der Waals surface area contributed by atoms with Crippen molar-refractivity contribution in [1.29, 1.82) is 0 Å². The maximum Gasteiger partial charge on any atom is 0.273 e. The van der Waals surface area contributed by atoms with Crippen molar-refractivity contribution in [2.24, 2.45) is 5.92 Å². The number of fused-ring (bicyclic) bond motifs is 3. The molecule has 5 heterocycles. The number of nitrogens with one attached hydrogen (secondary N) is 3. The van der Waals surface area contributed by atoms with Gasteiger partial charge in [-0.2, -0.15) is 5.10 Å². The maximum atomic E-state index is 13.2. The normalized spacial score (nSPS) is 17.1. The highest BCUT2D eigenvalue weighted by atomic mass is 32.2. The summed E-state index contributed by atoms with van der Waals surface area (Å²) in [5.74, 6) is -0.693. The number of carbonyl (C=O) groups is 3. The quantitative estimate of drug-likeness (QED) is 0.235. The molecule has 1 atom stereocenters. The summed E-state index contributed by atoms with van der Waals surface area (Å²) in [5.41, 5.74) is 5.07. The molecule has 0 bridgehead atoms. The number of sulfone groups is 1. The zero-order valence-corrected chi connectivity index (χ0v) is 28.3. The van der Waals surface area contributed by atoms with E-state index in [0.717, 1.165) is 41.0 Å². The molecule has 2 aliphatic heterocycles. The highest BCUT2D eigenvalue weighted by molar-refractivity contribution is 7.91. The van der Waals surface area contributed by atoms with E-state index >= 15 is 0 Å². The number of carbonyl (C=O) groups excluding carboxylic acids is 3. The van der Waals surface area contributed by atoms with E-state index in [2.05, 4.69) is 43.0 Å². The van der Waals surface area contributed by atoms with E-state index in [0.29, 0.717) is 18.8 Å². The second kappa shape index (κ2) is 12.3. The van der Waals surface area contributed by atoms with E-state index in [-0.39, 0.29) is 57.7 Å². The lowest BCUT2D eigenvalue weighted by Gasteiger charge is -2.42. The van der Waals surface area contributed by atoms with Crippen LogP contribution in [-0.4, -0.2) is 88.9 Å². The van der Waals surface area contributed by atoms with Crippen LogP contribution in [0.4, 0.5) is 22.9 Å². The Morgan fingerprint density at radius 3 is 2.51 bits per heavy atom. The van der Waals surface area contributed by atoms with Gasteiger partial charge in [-0.15, -0.1) is 10.2 Å². The van der Waals surface area contributed by atoms with Crippen LogP contribution in [0.25, 0.3) is 11.1 Å². The molecule has 1 aliphatic carbocycles. The number of nitrogens with zero attached hydrogens (tertiary/aromatic N) is 7. The molecule has 0 radical (unpaired) electrons. The molecule has 1 saturated heterocycles. The zero-order valence-electron chi connectivity index (χ0n) is 27.5. The molecule has 254 valence electrons. The lowest BCUT2D eigenvalue weighted by molar-refractivity contribution is -0.117. The van der Waals surface area contributed by atoms with E-state index in [1.807, 2.05) is 36.1 Å². The minimum Gasteiger partial charge on any atom is -0.364 e. The van der Waals surface area contributed by atoms with Gasteiger partial charge in [0, 0.05) is 56.5 Å². The number of pyridine rings is 1. The number of para-hydroxylation sites is 1. The Bertz CT molecular complexity index is 2110. The fourth-order valence-corrected chi connectivity index (χ4v) is 7.18. The molecule has 1 saturated carbocycles. The smallest absolute Gasteiger partial charge is 0.273 e. The van der Waals surface area contributed by atoms with Crippen molar-refractivity contribution in [3.05, 3.63) is 65.9 Å². The Morgan fingerprint density at radius 2 is 1.80 bits per heavy atom. The van der Waals surface area contributed by atoms with Crippen LogP contribution in [0.15, 0.2) is 53.7 Å². The van der Waals surface area contributed by atoms with Crippen LogP contribution in [0, 0.1) is 5.92 Å². The van der Waals surface area contributed by atoms with Gasteiger partial charge >= 0.3 is 0 Å². The molecule has 3 aliphatic rings. The van der Waals surface area contributed by atoms with Crippen molar-refractivity contribution in [3.63, 3.8) is 0 Å². The third-order valence-corrected chi connectivity index (χ3v) is 11.1. The van der Waals surface area contributed by atoms with Gasteiger partial charge < -0.3 is 25.8 Å². The number of likely N-dealkylation sites (tertiary alicyclic amines) is 1. The number of hydrogen-bond acceptors (Lipinski definition) is 11. The molecule has 3 N–H and O–H groups in total. The molecule has 0 spiro atoms. The monoisotopic (exact) mass is 684 g/mol. The number of aromatic nitrogens is 5. The minimum atomic E-state index is -3.47. The second-order valence-electron chi connectivity index (χ2n) is 12.5. The van der Waals surface area contributed by atoms with Gasteiger partial charge in [0.25, 0.3) is 11.8 Å². The Morgan fingerprint density at radius 1 is 1.02 bits per heavy atom. The summed E-state index contributed by atoms with van der Waals surface area (Å²) in [4.78, 5) is 46.4. The average Bonchev–Trinajstić information content (AvgIpc) is 3.85. The first-order valence-corrected chi connectivity index (χ1v) is 17.7. The first-order valence-electron chi connectivity index (χ1n) is 16.1. The standard InChI is InChI=1S/C33H36N10O5S/c1-5-49(47,48)21-11-12-35-26(13-21)33(46)42-16-20(17-42)43-29-18(2)41(4)30-22(23(29)15-36-43)7-6-8-24(30)37-25-14-27(38-31(44)19-9-10-19)39-40-28(25)32(45)34-3/h6-8,11-15,18-20H,5,9-10,16-17H2,1-4H3,(H,34,45)(H2,37,38,39,44). The van der Waals surface area contributed by atoms with Crippen molar-refractivity contribution in [3.8, 4) is 11.1 Å². The molecule has 1 unspecified atom stereocenters. The Balaban J connectivity index is 1.15. The lowest BCUT2D eigenvalue weighted by Crippen LogP contribution is -2.51. The molecule has 15 nitrogen and oxygen atoms in total. The number of benzene rings is 1. The van der Waals surface area contributed by atoms with E-state index in [4.69, 9.17) is 5.10 Å². The van der Waals surface area contributed by atoms with Crippen LogP contribution in [0.1, 0.15) is 65.4 Å².